The fraction of sp³-hybridized carbons (Fsp3) is 0.276. The highest BCUT2D eigenvalue weighted by atomic mass is 32.2. The zero-order valence-corrected chi connectivity index (χ0v) is 23.5. The van der Waals surface area contributed by atoms with Gasteiger partial charge in [-0.25, -0.2) is 17.3 Å². The normalized spacial score (nSPS) is 16.8. The van der Waals surface area contributed by atoms with Crippen LogP contribution in [0.2, 0.25) is 0 Å². The van der Waals surface area contributed by atoms with Crippen molar-refractivity contribution >= 4 is 45.5 Å². The number of carbonyl (C=O) groups excluding carboxylic acids is 1. The van der Waals surface area contributed by atoms with Crippen LogP contribution in [0.3, 0.4) is 0 Å². The summed E-state index contributed by atoms with van der Waals surface area (Å²) in [6.07, 6.45) is 3.70. The van der Waals surface area contributed by atoms with Crippen LogP contribution in [0.1, 0.15) is 34.7 Å². The Balaban J connectivity index is 1.60. The number of piperidine rings is 1. The monoisotopic (exact) mass is 569 g/mol. The van der Waals surface area contributed by atoms with Crippen molar-refractivity contribution in [2.24, 2.45) is 0 Å². The third kappa shape index (κ3) is 5.46. The Morgan fingerprint density at radius 1 is 1.10 bits per heavy atom. The molecular formula is C29H29F2N3O3S2. The number of carbonyl (C=O) groups is 1. The van der Waals surface area contributed by atoms with E-state index >= 15 is 0 Å². The number of amides is 1. The Kier molecular flexibility index (Phi) is 8.06. The van der Waals surface area contributed by atoms with Gasteiger partial charge in [-0.05, 0) is 78.9 Å². The minimum atomic E-state index is -1.42. The quantitative estimate of drug-likeness (QED) is 0.263. The molecule has 1 aliphatic rings. The van der Waals surface area contributed by atoms with Crippen molar-refractivity contribution in [1.82, 2.24) is 9.62 Å². The van der Waals surface area contributed by atoms with E-state index in [2.05, 4.69) is 5.32 Å². The van der Waals surface area contributed by atoms with E-state index in [-0.39, 0.29) is 23.5 Å². The molecule has 2 unspecified atom stereocenters. The van der Waals surface area contributed by atoms with Crippen molar-refractivity contribution in [2.45, 2.75) is 23.7 Å². The second-order valence-electron chi connectivity index (χ2n) is 9.41. The van der Waals surface area contributed by atoms with Crippen LogP contribution in [0, 0.1) is 11.6 Å². The molecule has 1 saturated heterocycles. The Labute approximate surface area is 233 Å². The first-order valence-corrected chi connectivity index (χ1v) is 14.9. The van der Waals surface area contributed by atoms with Gasteiger partial charge in [0.25, 0.3) is 5.91 Å². The van der Waals surface area contributed by atoms with Gasteiger partial charge in [-0.15, -0.1) is 0 Å². The van der Waals surface area contributed by atoms with E-state index in [9.17, 15) is 17.8 Å². The molecule has 1 fully saturated rings. The molecule has 2 atom stereocenters. The van der Waals surface area contributed by atoms with E-state index in [1.807, 2.05) is 34.0 Å². The van der Waals surface area contributed by atoms with Crippen LogP contribution in [-0.4, -0.2) is 47.9 Å². The first-order valence-electron chi connectivity index (χ1n) is 12.6. The fourth-order valence-corrected chi connectivity index (χ4v) is 6.68. The van der Waals surface area contributed by atoms with Crippen LogP contribution in [0.15, 0.2) is 70.0 Å². The Hall–Kier alpha value is -3.21. The van der Waals surface area contributed by atoms with E-state index in [4.69, 9.17) is 4.42 Å². The van der Waals surface area contributed by atoms with Crippen LogP contribution in [0.5, 0.6) is 0 Å². The molecule has 1 N–H and O–H groups in total. The van der Waals surface area contributed by atoms with Crippen LogP contribution < -0.4 is 9.62 Å². The first kappa shape index (κ1) is 27.4. The average molecular weight is 570 g/mol. The number of rotatable bonds is 7. The van der Waals surface area contributed by atoms with Crippen LogP contribution in [0.25, 0.3) is 22.3 Å². The van der Waals surface area contributed by atoms with E-state index in [0.717, 1.165) is 24.1 Å². The van der Waals surface area contributed by atoms with Gasteiger partial charge in [0, 0.05) is 50.5 Å². The third-order valence-electron chi connectivity index (χ3n) is 7.08. The van der Waals surface area contributed by atoms with Gasteiger partial charge in [-0.2, -0.15) is 0 Å². The minimum Gasteiger partial charge on any atom is -0.455 e. The molecule has 10 heteroatoms. The SMILES string of the molecule is CNC(=O)c1c(-c2ccc(F)cc2)oc2cc(N(C)SC)c(C3CCCN(S(=O)c4ccc(F)cc4)C3)cc12. The molecular weight excluding hydrogens is 540 g/mol. The van der Waals surface area contributed by atoms with Crippen LogP contribution in [0.4, 0.5) is 14.5 Å². The Bertz CT molecular complexity index is 1520. The zero-order valence-electron chi connectivity index (χ0n) is 21.9. The summed E-state index contributed by atoms with van der Waals surface area (Å²) in [6, 6.07) is 15.6. The topological polar surface area (TPSA) is 65.8 Å². The van der Waals surface area contributed by atoms with Gasteiger partial charge < -0.3 is 14.0 Å². The molecule has 1 amide bonds. The summed E-state index contributed by atoms with van der Waals surface area (Å²) in [4.78, 5) is 13.7. The molecule has 3 aromatic carbocycles. The smallest absolute Gasteiger partial charge is 0.255 e. The lowest BCUT2D eigenvalue weighted by Crippen LogP contribution is -2.36. The fourth-order valence-electron chi connectivity index (χ4n) is 5.05. The maximum absolute atomic E-state index is 13.6. The van der Waals surface area contributed by atoms with Crippen molar-refractivity contribution in [2.75, 3.05) is 37.7 Å². The molecule has 0 radical (unpaired) electrons. The molecule has 1 aliphatic heterocycles. The van der Waals surface area contributed by atoms with E-state index in [1.54, 1.807) is 43.3 Å². The van der Waals surface area contributed by atoms with Crippen molar-refractivity contribution < 1.29 is 22.2 Å². The number of benzene rings is 3. The molecule has 1 aromatic heterocycles. The summed E-state index contributed by atoms with van der Waals surface area (Å²) in [5.74, 6) is -0.617. The summed E-state index contributed by atoms with van der Waals surface area (Å²) >= 11 is 1.55. The molecule has 39 heavy (non-hydrogen) atoms. The molecule has 2 heterocycles. The maximum Gasteiger partial charge on any atom is 0.255 e. The van der Waals surface area contributed by atoms with Gasteiger partial charge in [0.15, 0.2) is 0 Å². The number of hydrogen-bond acceptors (Lipinski definition) is 5. The molecule has 6 nitrogen and oxygen atoms in total. The number of halogens is 2. The highest BCUT2D eigenvalue weighted by molar-refractivity contribution is 7.99. The van der Waals surface area contributed by atoms with Crippen molar-refractivity contribution in [1.29, 1.82) is 0 Å². The highest BCUT2D eigenvalue weighted by Crippen LogP contribution is 2.42. The maximum atomic E-state index is 13.6. The van der Waals surface area contributed by atoms with Gasteiger partial charge in [-0.1, -0.05) is 11.9 Å². The van der Waals surface area contributed by atoms with E-state index < -0.39 is 11.0 Å². The van der Waals surface area contributed by atoms with Crippen LogP contribution in [-0.2, 0) is 11.0 Å². The molecule has 0 saturated carbocycles. The molecule has 204 valence electrons. The summed E-state index contributed by atoms with van der Waals surface area (Å²) in [5, 5.41) is 3.38. The zero-order chi connectivity index (χ0) is 27.7. The van der Waals surface area contributed by atoms with Gasteiger partial charge in [-0.3, -0.25) is 4.79 Å². The number of nitrogens with one attached hydrogen (secondary N) is 1. The average Bonchev–Trinajstić information content (AvgIpc) is 3.34. The number of furan rings is 1. The van der Waals surface area contributed by atoms with Gasteiger partial charge in [0.05, 0.1) is 16.1 Å². The van der Waals surface area contributed by atoms with Crippen molar-refractivity contribution in [3.63, 3.8) is 0 Å². The van der Waals surface area contributed by atoms with E-state index in [1.165, 1.54) is 24.3 Å². The first-order chi connectivity index (χ1) is 18.8. The van der Waals surface area contributed by atoms with Gasteiger partial charge in [0.2, 0.25) is 0 Å². The van der Waals surface area contributed by atoms with Crippen molar-refractivity contribution in [3.8, 4) is 11.3 Å². The Morgan fingerprint density at radius 2 is 1.77 bits per heavy atom. The molecule has 4 aromatic rings. The largest absolute Gasteiger partial charge is 0.455 e. The second-order valence-corrected chi connectivity index (χ2v) is 11.8. The van der Waals surface area contributed by atoms with E-state index in [0.29, 0.717) is 45.8 Å². The number of hydrogen-bond donors (Lipinski definition) is 1. The summed E-state index contributed by atoms with van der Waals surface area (Å²) in [5.41, 5.74) is 3.51. The summed E-state index contributed by atoms with van der Waals surface area (Å²) in [7, 11) is 2.11. The predicted octanol–water partition coefficient (Wildman–Crippen LogP) is 6.35. The second kappa shape index (κ2) is 11.5. The van der Waals surface area contributed by atoms with Gasteiger partial charge >= 0.3 is 0 Å². The standard InChI is InChI=1S/C29H29F2N3O3S2/c1-32-29(35)27-24-15-23(19-5-4-14-34(17-19)39(36)22-12-10-21(31)11-13-22)25(33(2)38-3)16-26(24)37-28(27)18-6-8-20(30)9-7-18/h6-13,15-16,19H,4-5,14,17H2,1-3H3,(H,32,35). The third-order valence-corrected chi connectivity index (χ3v) is 9.31. The number of nitrogens with zero attached hydrogens (tertiary/aromatic N) is 2. The lowest BCUT2D eigenvalue weighted by Gasteiger charge is -2.33. The number of anilines is 1. The highest BCUT2D eigenvalue weighted by Gasteiger charge is 2.30. The Morgan fingerprint density at radius 3 is 2.41 bits per heavy atom. The minimum absolute atomic E-state index is 0.0406. The predicted molar refractivity (Wildman–Crippen MR) is 153 cm³/mol. The summed E-state index contributed by atoms with van der Waals surface area (Å²) < 4.78 is 50.6. The molecule has 0 aliphatic carbocycles. The van der Waals surface area contributed by atoms with Crippen molar-refractivity contribution in [3.05, 3.63) is 83.4 Å². The van der Waals surface area contributed by atoms with Gasteiger partial charge in [0.1, 0.15) is 34.0 Å². The lowest BCUT2D eigenvalue weighted by molar-refractivity contribution is 0.0964. The number of fused-ring (bicyclic) bond motifs is 1. The molecule has 0 spiro atoms. The molecule has 0 bridgehead atoms. The lowest BCUT2D eigenvalue weighted by atomic mass is 9.89. The van der Waals surface area contributed by atoms with Crippen LogP contribution >= 0.6 is 11.9 Å². The summed E-state index contributed by atoms with van der Waals surface area (Å²) in [6.45, 7) is 1.21. The molecule has 5 rings (SSSR count).